The van der Waals surface area contributed by atoms with Gasteiger partial charge in [-0.1, -0.05) is 47.8 Å². The van der Waals surface area contributed by atoms with Crippen molar-refractivity contribution < 1.29 is 4.74 Å². The molecule has 0 aliphatic carbocycles. The lowest BCUT2D eigenvalue weighted by Gasteiger charge is -2.10. The number of hydrogen-bond donors (Lipinski definition) is 1. The third-order valence-corrected chi connectivity index (χ3v) is 3.73. The first kappa shape index (κ1) is 15.5. The lowest BCUT2D eigenvalue weighted by Crippen LogP contribution is -2.11. The molecular weight excluding hydrogens is 317 g/mol. The van der Waals surface area contributed by atoms with Crippen LogP contribution in [0, 0.1) is 0 Å². The maximum absolute atomic E-state index is 6.22. The molecule has 106 valence electrons. The van der Waals surface area contributed by atoms with Gasteiger partial charge in [-0.15, -0.1) is 0 Å². The van der Waals surface area contributed by atoms with E-state index in [1.54, 1.807) is 18.2 Å². The molecule has 0 amide bonds. The van der Waals surface area contributed by atoms with E-state index >= 15 is 0 Å². The molecule has 0 aliphatic heterocycles. The summed E-state index contributed by atoms with van der Waals surface area (Å²) < 4.78 is 5.71. The zero-order valence-electron chi connectivity index (χ0n) is 10.9. The Bertz CT molecular complexity index is 602. The van der Waals surface area contributed by atoms with Crippen molar-refractivity contribution in [1.29, 1.82) is 0 Å². The molecule has 0 radical (unpaired) electrons. The van der Waals surface area contributed by atoms with Gasteiger partial charge in [0.05, 0.1) is 15.1 Å². The summed E-state index contributed by atoms with van der Waals surface area (Å²) in [5.41, 5.74) is 1.11. The minimum absolute atomic E-state index is 0.448. The van der Waals surface area contributed by atoms with Crippen LogP contribution in [-0.2, 0) is 6.54 Å². The molecule has 5 heteroatoms. The minimum atomic E-state index is 0.448. The fourth-order valence-corrected chi connectivity index (χ4v) is 2.20. The Kier molecular flexibility index (Phi) is 5.55. The number of halogens is 3. The van der Waals surface area contributed by atoms with Gasteiger partial charge in [0.15, 0.2) is 0 Å². The van der Waals surface area contributed by atoms with Crippen LogP contribution in [0.5, 0.6) is 11.5 Å². The van der Waals surface area contributed by atoms with Crippen LogP contribution in [0.3, 0.4) is 0 Å². The third kappa shape index (κ3) is 4.03. The molecule has 0 aromatic heterocycles. The zero-order valence-corrected chi connectivity index (χ0v) is 13.2. The highest BCUT2D eigenvalue weighted by molar-refractivity contribution is 6.42. The van der Waals surface area contributed by atoms with E-state index in [4.69, 9.17) is 39.5 Å². The van der Waals surface area contributed by atoms with Crippen molar-refractivity contribution >= 4 is 34.8 Å². The monoisotopic (exact) mass is 329 g/mol. The summed E-state index contributed by atoms with van der Waals surface area (Å²) in [4.78, 5) is 0. The molecular formula is C15H14Cl3NO. The van der Waals surface area contributed by atoms with Gasteiger partial charge in [0.25, 0.3) is 0 Å². The molecule has 0 heterocycles. The Morgan fingerprint density at radius 2 is 1.75 bits per heavy atom. The highest BCUT2D eigenvalue weighted by Gasteiger charge is 2.06. The van der Waals surface area contributed by atoms with Crippen molar-refractivity contribution in [2.24, 2.45) is 0 Å². The second-order valence-corrected chi connectivity index (χ2v) is 5.44. The average Bonchev–Trinajstić information content (AvgIpc) is 2.43. The molecule has 20 heavy (non-hydrogen) atoms. The van der Waals surface area contributed by atoms with Crippen molar-refractivity contribution in [3.05, 3.63) is 57.0 Å². The van der Waals surface area contributed by atoms with Gasteiger partial charge in [0.2, 0.25) is 0 Å². The SMILES string of the molecule is CCNCc1ccc(Oc2ccc(Cl)c(Cl)c2)c(Cl)c1. The molecule has 1 N–H and O–H groups in total. The Balaban J connectivity index is 2.14. The van der Waals surface area contributed by atoms with Gasteiger partial charge in [0, 0.05) is 12.6 Å². The van der Waals surface area contributed by atoms with Gasteiger partial charge in [-0.05, 0) is 36.4 Å². The minimum Gasteiger partial charge on any atom is -0.456 e. The van der Waals surface area contributed by atoms with Crippen LogP contribution in [0.4, 0.5) is 0 Å². The van der Waals surface area contributed by atoms with Crippen LogP contribution in [0.15, 0.2) is 36.4 Å². The first-order valence-corrected chi connectivity index (χ1v) is 7.35. The van der Waals surface area contributed by atoms with E-state index in [-0.39, 0.29) is 0 Å². The molecule has 0 saturated heterocycles. The Hall–Kier alpha value is -0.930. The van der Waals surface area contributed by atoms with Crippen molar-refractivity contribution in [3.8, 4) is 11.5 Å². The number of nitrogens with one attached hydrogen (secondary N) is 1. The van der Waals surface area contributed by atoms with Gasteiger partial charge < -0.3 is 10.1 Å². The molecule has 2 rings (SSSR count). The number of benzene rings is 2. The standard InChI is InChI=1S/C15H14Cl3NO/c1-2-19-9-10-3-6-15(14(18)7-10)20-11-4-5-12(16)13(17)8-11/h3-8,19H,2,9H2,1H3. The normalized spacial score (nSPS) is 10.6. The molecule has 0 atom stereocenters. The first-order valence-electron chi connectivity index (χ1n) is 6.22. The maximum Gasteiger partial charge on any atom is 0.146 e. The van der Waals surface area contributed by atoms with Crippen molar-refractivity contribution in [2.45, 2.75) is 13.5 Å². The van der Waals surface area contributed by atoms with Gasteiger partial charge in [-0.2, -0.15) is 0 Å². The molecule has 0 unspecified atom stereocenters. The van der Waals surface area contributed by atoms with E-state index in [9.17, 15) is 0 Å². The van der Waals surface area contributed by atoms with Crippen molar-refractivity contribution in [1.82, 2.24) is 5.32 Å². The Morgan fingerprint density at radius 1 is 0.950 bits per heavy atom. The molecule has 2 aromatic rings. The highest BCUT2D eigenvalue weighted by Crippen LogP contribution is 2.33. The third-order valence-electron chi connectivity index (χ3n) is 2.69. The van der Waals surface area contributed by atoms with E-state index in [2.05, 4.69) is 12.2 Å². The Labute approximate surface area is 133 Å². The molecule has 0 aliphatic rings. The number of hydrogen-bond acceptors (Lipinski definition) is 2. The second-order valence-electron chi connectivity index (χ2n) is 4.22. The summed E-state index contributed by atoms with van der Waals surface area (Å²) in [6.07, 6.45) is 0. The van der Waals surface area contributed by atoms with Crippen LogP contribution < -0.4 is 10.1 Å². The quantitative estimate of drug-likeness (QED) is 0.776. The van der Waals surface area contributed by atoms with E-state index in [1.807, 2.05) is 18.2 Å². The first-order chi connectivity index (χ1) is 9.60. The van der Waals surface area contributed by atoms with Gasteiger partial charge in [0.1, 0.15) is 11.5 Å². The van der Waals surface area contributed by atoms with Crippen molar-refractivity contribution in [2.75, 3.05) is 6.54 Å². The van der Waals surface area contributed by atoms with Crippen LogP contribution in [0.25, 0.3) is 0 Å². The van der Waals surface area contributed by atoms with Crippen LogP contribution >= 0.6 is 34.8 Å². The predicted octanol–water partition coefficient (Wildman–Crippen LogP) is 5.55. The summed E-state index contributed by atoms with van der Waals surface area (Å²) in [5, 5.41) is 4.74. The van der Waals surface area contributed by atoms with Gasteiger partial charge >= 0.3 is 0 Å². The second kappa shape index (κ2) is 7.19. The summed E-state index contributed by atoms with van der Waals surface area (Å²) in [6.45, 7) is 3.76. The summed E-state index contributed by atoms with van der Waals surface area (Å²) >= 11 is 18.0. The number of ether oxygens (including phenoxy) is 1. The summed E-state index contributed by atoms with van der Waals surface area (Å²) in [5.74, 6) is 1.19. The average molecular weight is 331 g/mol. The Morgan fingerprint density at radius 3 is 2.40 bits per heavy atom. The summed E-state index contributed by atoms with van der Waals surface area (Å²) in [6, 6.07) is 10.8. The largest absolute Gasteiger partial charge is 0.456 e. The molecule has 0 spiro atoms. The van der Waals surface area contributed by atoms with E-state index in [0.717, 1.165) is 18.7 Å². The topological polar surface area (TPSA) is 21.3 Å². The summed E-state index contributed by atoms with van der Waals surface area (Å²) in [7, 11) is 0. The molecule has 2 aromatic carbocycles. The smallest absolute Gasteiger partial charge is 0.146 e. The predicted molar refractivity (Wildman–Crippen MR) is 85.4 cm³/mol. The highest BCUT2D eigenvalue weighted by atomic mass is 35.5. The van der Waals surface area contributed by atoms with Crippen LogP contribution in [0.2, 0.25) is 15.1 Å². The maximum atomic E-state index is 6.22. The number of rotatable bonds is 5. The van der Waals surface area contributed by atoms with Crippen molar-refractivity contribution in [3.63, 3.8) is 0 Å². The molecule has 0 fully saturated rings. The molecule has 2 nitrogen and oxygen atoms in total. The van der Waals surface area contributed by atoms with E-state index < -0.39 is 0 Å². The fraction of sp³-hybridized carbons (Fsp3) is 0.200. The van der Waals surface area contributed by atoms with Gasteiger partial charge in [-0.3, -0.25) is 0 Å². The van der Waals surface area contributed by atoms with Gasteiger partial charge in [-0.25, -0.2) is 0 Å². The molecule has 0 bridgehead atoms. The lowest BCUT2D eigenvalue weighted by atomic mass is 10.2. The lowest BCUT2D eigenvalue weighted by molar-refractivity contribution is 0.482. The fourth-order valence-electron chi connectivity index (χ4n) is 1.67. The van der Waals surface area contributed by atoms with Crippen LogP contribution in [-0.4, -0.2) is 6.54 Å². The van der Waals surface area contributed by atoms with E-state index in [0.29, 0.717) is 26.6 Å². The molecule has 0 saturated carbocycles. The van der Waals surface area contributed by atoms with Crippen LogP contribution in [0.1, 0.15) is 12.5 Å². The zero-order chi connectivity index (χ0) is 14.5. The van der Waals surface area contributed by atoms with E-state index in [1.165, 1.54) is 0 Å².